The average molecular weight is 336 g/mol. The molecule has 2 heterocycles. The van der Waals surface area contributed by atoms with Crippen molar-refractivity contribution in [2.45, 2.75) is 18.8 Å². The summed E-state index contributed by atoms with van der Waals surface area (Å²) in [5.74, 6) is 0.703. The molecule has 5 heteroatoms. The summed E-state index contributed by atoms with van der Waals surface area (Å²) in [4.78, 5) is 27.2. The number of hydrogen-bond donors (Lipinski definition) is 1. The average Bonchev–Trinajstić information content (AvgIpc) is 3.19. The van der Waals surface area contributed by atoms with E-state index in [0.717, 1.165) is 17.0 Å². The lowest BCUT2D eigenvalue weighted by Gasteiger charge is -2.22. The minimum absolute atomic E-state index is 0.00399. The molecule has 4 rings (SSSR count). The van der Waals surface area contributed by atoms with E-state index in [2.05, 4.69) is 5.32 Å². The summed E-state index contributed by atoms with van der Waals surface area (Å²) in [6.07, 6.45) is 0.651. The third-order valence-electron chi connectivity index (χ3n) is 5.09. The molecule has 1 atom stereocenters. The van der Waals surface area contributed by atoms with E-state index in [1.165, 1.54) is 0 Å². The first-order chi connectivity index (χ1) is 12.1. The van der Waals surface area contributed by atoms with Crippen molar-refractivity contribution in [3.05, 3.63) is 59.7 Å². The van der Waals surface area contributed by atoms with Gasteiger partial charge < -0.3 is 15.0 Å². The lowest BCUT2D eigenvalue weighted by atomic mass is 9.81. The molecular weight excluding hydrogens is 316 g/mol. The van der Waals surface area contributed by atoms with Crippen molar-refractivity contribution >= 4 is 17.5 Å². The Balaban J connectivity index is 1.56. The molecule has 0 aromatic heterocycles. The molecule has 1 saturated heterocycles. The smallest absolute Gasteiger partial charge is 0.253 e. The lowest BCUT2D eigenvalue weighted by Crippen LogP contribution is -2.39. The number of nitrogens with zero attached hydrogens (tertiary/aromatic N) is 1. The van der Waals surface area contributed by atoms with E-state index >= 15 is 0 Å². The fraction of sp³-hybridized carbons (Fsp3) is 0.300. The SMILES string of the molecule is CCOc1ccc(C(=O)N2CC[C@]3(C2)C(=O)Nc2ccccc23)cc1. The third kappa shape index (κ3) is 2.47. The number of nitrogens with one attached hydrogen (secondary N) is 1. The Bertz CT molecular complexity index is 831. The van der Waals surface area contributed by atoms with Gasteiger partial charge in [-0.2, -0.15) is 0 Å². The first-order valence-electron chi connectivity index (χ1n) is 8.57. The van der Waals surface area contributed by atoms with E-state index in [4.69, 9.17) is 4.74 Å². The van der Waals surface area contributed by atoms with Crippen molar-refractivity contribution in [3.63, 3.8) is 0 Å². The Morgan fingerprint density at radius 2 is 1.96 bits per heavy atom. The highest BCUT2D eigenvalue weighted by Crippen LogP contribution is 2.44. The van der Waals surface area contributed by atoms with Gasteiger partial charge in [0.15, 0.2) is 0 Å². The summed E-state index contributed by atoms with van der Waals surface area (Å²) < 4.78 is 5.42. The number of carbonyl (C=O) groups excluding carboxylic acids is 2. The van der Waals surface area contributed by atoms with Crippen molar-refractivity contribution in [3.8, 4) is 5.75 Å². The van der Waals surface area contributed by atoms with Gasteiger partial charge in [-0.25, -0.2) is 0 Å². The van der Waals surface area contributed by atoms with Gasteiger partial charge in [-0.1, -0.05) is 18.2 Å². The summed E-state index contributed by atoms with van der Waals surface area (Å²) in [6, 6.07) is 14.9. The number of fused-ring (bicyclic) bond motifs is 2. The van der Waals surface area contributed by atoms with Crippen molar-refractivity contribution in [2.24, 2.45) is 0 Å². The molecule has 1 spiro atoms. The molecule has 2 amide bonds. The van der Waals surface area contributed by atoms with E-state index in [9.17, 15) is 9.59 Å². The quantitative estimate of drug-likeness (QED) is 0.938. The molecule has 2 aromatic carbocycles. The Kier molecular flexibility index (Phi) is 3.71. The maximum Gasteiger partial charge on any atom is 0.253 e. The summed E-state index contributed by atoms with van der Waals surface area (Å²) in [5.41, 5.74) is 1.87. The first-order valence-corrected chi connectivity index (χ1v) is 8.57. The number of ether oxygens (including phenoxy) is 1. The number of carbonyl (C=O) groups is 2. The number of hydrogen-bond acceptors (Lipinski definition) is 3. The summed E-state index contributed by atoms with van der Waals surface area (Å²) in [6.45, 7) is 3.51. The largest absolute Gasteiger partial charge is 0.494 e. The van der Waals surface area contributed by atoms with Gasteiger partial charge in [0.05, 0.1) is 12.0 Å². The number of likely N-dealkylation sites (tertiary alicyclic amines) is 1. The predicted octanol–water partition coefficient (Wildman–Crippen LogP) is 2.82. The van der Waals surface area contributed by atoms with Gasteiger partial charge in [0.2, 0.25) is 5.91 Å². The molecule has 1 fully saturated rings. The normalized spacial score (nSPS) is 21.3. The maximum absolute atomic E-state index is 12.8. The number of anilines is 1. The molecule has 25 heavy (non-hydrogen) atoms. The summed E-state index contributed by atoms with van der Waals surface area (Å²) in [7, 11) is 0. The van der Waals surface area contributed by atoms with Crippen LogP contribution in [-0.2, 0) is 10.2 Å². The highest BCUT2D eigenvalue weighted by atomic mass is 16.5. The molecule has 0 bridgehead atoms. The zero-order chi connectivity index (χ0) is 17.4. The van der Waals surface area contributed by atoms with Crippen molar-refractivity contribution in [1.82, 2.24) is 4.90 Å². The van der Waals surface area contributed by atoms with Gasteiger partial charge in [0, 0.05) is 24.3 Å². The number of benzene rings is 2. The lowest BCUT2D eigenvalue weighted by molar-refractivity contribution is -0.120. The Labute approximate surface area is 146 Å². The van der Waals surface area contributed by atoms with Crippen LogP contribution < -0.4 is 10.1 Å². The van der Waals surface area contributed by atoms with Gasteiger partial charge in [0.1, 0.15) is 5.75 Å². The molecule has 1 N–H and O–H groups in total. The fourth-order valence-electron chi connectivity index (χ4n) is 3.80. The molecule has 0 radical (unpaired) electrons. The fourth-order valence-corrected chi connectivity index (χ4v) is 3.80. The molecule has 0 aliphatic carbocycles. The number of amides is 2. The van der Waals surface area contributed by atoms with Crippen molar-refractivity contribution in [1.29, 1.82) is 0 Å². The maximum atomic E-state index is 12.8. The van der Waals surface area contributed by atoms with Crippen LogP contribution in [0.15, 0.2) is 48.5 Å². The Morgan fingerprint density at radius 1 is 1.20 bits per heavy atom. The topological polar surface area (TPSA) is 58.6 Å². The zero-order valence-corrected chi connectivity index (χ0v) is 14.1. The molecular formula is C20H20N2O3. The minimum Gasteiger partial charge on any atom is -0.494 e. The van der Waals surface area contributed by atoms with Crippen LogP contribution in [0.25, 0.3) is 0 Å². The Morgan fingerprint density at radius 3 is 2.72 bits per heavy atom. The zero-order valence-electron chi connectivity index (χ0n) is 14.1. The Hall–Kier alpha value is -2.82. The van der Waals surface area contributed by atoms with Crippen molar-refractivity contribution in [2.75, 3.05) is 25.0 Å². The van der Waals surface area contributed by atoms with E-state index in [1.807, 2.05) is 31.2 Å². The summed E-state index contributed by atoms with van der Waals surface area (Å²) in [5, 5.41) is 2.96. The van der Waals surface area contributed by atoms with Crippen LogP contribution in [-0.4, -0.2) is 36.4 Å². The van der Waals surface area contributed by atoms with Gasteiger partial charge in [0.25, 0.3) is 5.91 Å². The second kappa shape index (κ2) is 5.92. The minimum atomic E-state index is -0.614. The van der Waals surface area contributed by atoms with Gasteiger partial charge in [-0.05, 0) is 49.2 Å². The second-order valence-electron chi connectivity index (χ2n) is 6.52. The molecule has 2 aliphatic rings. The second-order valence-corrected chi connectivity index (χ2v) is 6.52. The molecule has 0 unspecified atom stereocenters. The predicted molar refractivity (Wildman–Crippen MR) is 94.9 cm³/mol. The van der Waals surface area contributed by atoms with Gasteiger partial charge in [-0.15, -0.1) is 0 Å². The van der Waals surface area contributed by atoms with Crippen LogP contribution >= 0.6 is 0 Å². The van der Waals surface area contributed by atoms with Gasteiger partial charge in [-0.3, -0.25) is 9.59 Å². The molecule has 5 nitrogen and oxygen atoms in total. The van der Waals surface area contributed by atoms with E-state index in [1.54, 1.807) is 29.2 Å². The van der Waals surface area contributed by atoms with E-state index in [-0.39, 0.29) is 11.8 Å². The van der Waals surface area contributed by atoms with Crippen LogP contribution in [0.3, 0.4) is 0 Å². The van der Waals surface area contributed by atoms with Gasteiger partial charge >= 0.3 is 0 Å². The van der Waals surface area contributed by atoms with Crippen LogP contribution in [0.4, 0.5) is 5.69 Å². The van der Waals surface area contributed by atoms with E-state index < -0.39 is 5.41 Å². The molecule has 2 aliphatic heterocycles. The molecule has 128 valence electrons. The molecule has 0 saturated carbocycles. The van der Waals surface area contributed by atoms with Crippen LogP contribution in [0.5, 0.6) is 5.75 Å². The van der Waals surface area contributed by atoms with Crippen LogP contribution in [0, 0.1) is 0 Å². The first kappa shape index (κ1) is 15.7. The standard InChI is InChI=1S/C20H20N2O3/c1-2-25-15-9-7-14(8-10-15)18(23)22-12-11-20(13-22)16-5-3-4-6-17(16)21-19(20)24/h3-10H,2,11-13H2,1H3,(H,21,24)/t20-/m1/s1. The number of rotatable bonds is 3. The molecule has 2 aromatic rings. The van der Waals surface area contributed by atoms with Crippen LogP contribution in [0.2, 0.25) is 0 Å². The number of para-hydroxylation sites is 1. The highest BCUT2D eigenvalue weighted by molar-refractivity contribution is 6.07. The van der Waals surface area contributed by atoms with E-state index in [0.29, 0.717) is 31.7 Å². The van der Waals surface area contributed by atoms with Crippen LogP contribution in [0.1, 0.15) is 29.3 Å². The highest BCUT2D eigenvalue weighted by Gasteiger charge is 2.51. The monoisotopic (exact) mass is 336 g/mol. The third-order valence-corrected chi connectivity index (χ3v) is 5.09. The summed E-state index contributed by atoms with van der Waals surface area (Å²) >= 11 is 0. The van der Waals surface area contributed by atoms with Crippen molar-refractivity contribution < 1.29 is 14.3 Å².